The quantitative estimate of drug-likeness (QED) is 0.697. The highest BCUT2D eigenvalue weighted by Gasteiger charge is 2.36. The van der Waals surface area contributed by atoms with Gasteiger partial charge in [0, 0.05) is 5.92 Å². The van der Waals surface area contributed by atoms with Gasteiger partial charge in [-0.2, -0.15) is 0 Å². The Morgan fingerprint density at radius 3 is 2.53 bits per heavy atom. The first-order valence-electron chi connectivity index (χ1n) is 10.7. The summed E-state index contributed by atoms with van der Waals surface area (Å²) in [5, 5.41) is 2.56. The van der Waals surface area contributed by atoms with Crippen LogP contribution >= 0.6 is 0 Å². The van der Waals surface area contributed by atoms with Crippen molar-refractivity contribution in [2.75, 3.05) is 13.2 Å². The van der Waals surface area contributed by atoms with Crippen molar-refractivity contribution in [1.29, 1.82) is 0 Å². The van der Waals surface area contributed by atoms with Crippen molar-refractivity contribution in [3.63, 3.8) is 0 Å². The average molecular weight is 422 g/mol. The molecule has 0 aliphatic carbocycles. The van der Waals surface area contributed by atoms with Crippen molar-refractivity contribution in [3.8, 4) is 5.75 Å². The standard InChI is InChI=1S/C23H35NO6/c1-6-7-13-18-16(2)28-21(25)19(24-22(26)30-23(3,4)5)14-27-15-20(18)29-17-11-9-8-10-12-17/h8-12,16,18-20H,6-7,13-15H2,1-5H3,(H,24,26). The van der Waals surface area contributed by atoms with E-state index < -0.39 is 23.7 Å². The molecule has 1 saturated heterocycles. The van der Waals surface area contributed by atoms with Crippen molar-refractivity contribution in [3.05, 3.63) is 30.3 Å². The van der Waals surface area contributed by atoms with Gasteiger partial charge in [0.15, 0.2) is 6.04 Å². The van der Waals surface area contributed by atoms with Crippen LogP contribution in [-0.2, 0) is 19.0 Å². The van der Waals surface area contributed by atoms with Crippen LogP contribution in [-0.4, -0.2) is 49.1 Å². The highest BCUT2D eigenvalue weighted by molar-refractivity contribution is 5.81. The van der Waals surface area contributed by atoms with Gasteiger partial charge in [-0.1, -0.05) is 38.0 Å². The van der Waals surface area contributed by atoms with Gasteiger partial charge in [-0.05, 0) is 46.2 Å². The number of benzene rings is 1. The molecular formula is C23H35NO6. The summed E-state index contributed by atoms with van der Waals surface area (Å²) in [6.07, 6.45) is 1.51. The van der Waals surface area contributed by atoms with Crippen LogP contribution in [0.1, 0.15) is 53.9 Å². The predicted molar refractivity (Wildman–Crippen MR) is 113 cm³/mol. The molecule has 4 unspecified atom stereocenters. The van der Waals surface area contributed by atoms with Crippen molar-refractivity contribution >= 4 is 12.1 Å². The predicted octanol–water partition coefficient (Wildman–Crippen LogP) is 4.10. The molecule has 0 aromatic heterocycles. The van der Waals surface area contributed by atoms with E-state index >= 15 is 0 Å². The SMILES string of the molecule is CCCCC1C(C)OC(=O)C(NC(=O)OC(C)(C)C)COCC1Oc1ccccc1. The number of cyclic esters (lactones) is 1. The molecule has 30 heavy (non-hydrogen) atoms. The lowest BCUT2D eigenvalue weighted by atomic mass is 9.91. The Morgan fingerprint density at radius 2 is 1.90 bits per heavy atom. The third kappa shape index (κ3) is 7.86. The summed E-state index contributed by atoms with van der Waals surface area (Å²) in [6, 6.07) is 8.61. The second-order valence-corrected chi connectivity index (χ2v) is 8.65. The number of carbonyl (C=O) groups excluding carboxylic acids is 2. The van der Waals surface area contributed by atoms with Crippen molar-refractivity contribution < 1.29 is 28.5 Å². The van der Waals surface area contributed by atoms with Crippen molar-refractivity contribution in [1.82, 2.24) is 5.32 Å². The normalized spacial score (nSPS) is 25.3. The fraction of sp³-hybridized carbons (Fsp3) is 0.652. The van der Waals surface area contributed by atoms with E-state index in [2.05, 4.69) is 12.2 Å². The number of hydrogen-bond acceptors (Lipinski definition) is 6. The van der Waals surface area contributed by atoms with Crippen LogP contribution in [0.5, 0.6) is 5.75 Å². The fourth-order valence-corrected chi connectivity index (χ4v) is 3.35. The Labute approximate surface area is 179 Å². The van der Waals surface area contributed by atoms with Crippen molar-refractivity contribution in [2.24, 2.45) is 5.92 Å². The first kappa shape index (κ1) is 24.0. The number of unbranched alkanes of at least 4 members (excludes halogenated alkanes) is 1. The topological polar surface area (TPSA) is 83.1 Å². The van der Waals surface area contributed by atoms with Crippen LogP contribution in [0.2, 0.25) is 0 Å². The summed E-state index contributed by atoms with van der Waals surface area (Å²) < 4.78 is 23.0. The maximum atomic E-state index is 12.7. The van der Waals surface area contributed by atoms with Crippen LogP contribution in [0.15, 0.2) is 30.3 Å². The van der Waals surface area contributed by atoms with Gasteiger partial charge in [-0.15, -0.1) is 0 Å². The second-order valence-electron chi connectivity index (χ2n) is 8.65. The number of carbonyl (C=O) groups is 2. The minimum atomic E-state index is -0.940. The molecule has 7 heteroatoms. The molecule has 1 aromatic rings. The smallest absolute Gasteiger partial charge is 0.408 e. The van der Waals surface area contributed by atoms with Gasteiger partial charge < -0.3 is 24.3 Å². The molecule has 0 saturated carbocycles. The van der Waals surface area contributed by atoms with Crippen LogP contribution in [0.3, 0.4) is 0 Å². The molecule has 0 spiro atoms. The number of esters is 1. The number of hydrogen-bond donors (Lipinski definition) is 1. The zero-order valence-corrected chi connectivity index (χ0v) is 18.7. The minimum Gasteiger partial charge on any atom is -0.488 e. The Balaban J connectivity index is 2.13. The Kier molecular flexibility index (Phi) is 8.96. The van der Waals surface area contributed by atoms with E-state index in [0.29, 0.717) is 0 Å². The Morgan fingerprint density at radius 1 is 1.20 bits per heavy atom. The number of nitrogens with one attached hydrogen (secondary N) is 1. The Hall–Kier alpha value is -2.28. The van der Waals surface area contributed by atoms with Gasteiger partial charge >= 0.3 is 12.1 Å². The lowest BCUT2D eigenvalue weighted by Gasteiger charge is -2.31. The molecule has 2 rings (SSSR count). The highest BCUT2D eigenvalue weighted by atomic mass is 16.6. The van der Waals surface area contributed by atoms with Crippen LogP contribution in [0.25, 0.3) is 0 Å². The van der Waals surface area contributed by atoms with E-state index in [1.807, 2.05) is 37.3 Å². The lowest BCUT2D eigenvalue weighted by Crippen LogP contribution is -2.47. The zero-order valence-electron chi connectivity index (χ0n) is 18.7. The van der Waals surface area contributed by atoms with Crippen LogP contribution < -0.4 is 10.1 Å². The second kappa shape index (κ2) is 11.2. The fourth-order valence-electron chi connectivity index (χ4n) is 3.35. The molecule has 1 amide bonds. The molecule has 0 radical (unpaired) electrons. The number of amides is 1. The molecule has 1 aromatic carbocycles. The van der Waals surface area contributed by atoms with Crippen LogP contribution in [0.4, 0.5) is 4.79 Å². The van der Waals surface area contributed by atoms with E-state index in [1.165, 1.54) is 0 Å². The number of para-hydroxylation sites is 1. The third-order valence-corrected chi connectivity index (χ3v) is 4.85. The van der Waals surface area contributed by atoms with Gasteiger partial charge in [-0.3, -0.25) is 0 Å². The van der Waals surface area contributed by atoms with E-state index in [1.54, 1.807) is 20.8 Å². The molecule has 7 nitrogen and oxygen atoms in total. The molecule has 1 aliphatic rings. The summed E-state index contributed by atoms with van der Waals surface area (Å²) in [5.74, 6) is 0.179. The molecule has 1 heterocycles. The first-order valence-corrected chi connectivity index (χ1v) is 10.7. The number of alkyl carbamates (subject to hydrolysis) is 1. The van der Waals surface area contributed by atoms with Gasteiger partial charge in [0.25, 0.3) is 0 Å². The van der Waals surface area contributed by atoms with E-state index in [-0.39, 0.29) is 31.3 Å². The maximum absolute atomic E-state index is 12.7. The van der Waals surface area contributed by atoms with Gasteiger partial charge in [0.2, 0.25) is 0 Å². The molecule has 0 bridgehead atoms. The summed E-state index contributed by atoms with van der Waals surface area (Å²) >= 11 is 0. The molecule has 1 N–H and O–H groups in total. The minimum absolute atomic E-state index is 0.0139. The summed E-state index contributed by atoms with van der Waals surface area (Å²) in [5.41, 5.74) is -0.666. The third-order valence-electron chi connectivity index (χ3n) is 4.85. The monoisotopic (exact) mass is 421 g/mol. The Bertz CT molecular complexity index is 672. The van der Waals surface area contributed by atoms with E-state index in [9.17, 15) is 9.59 Å². The maximum Gasteiger partial charge on any atom is 0.408 e. The van der Waals surface area contributed by atoms with E-state index in [0.717, 1.165) is 25.0 Å². The van der Waals surface area contributed by atoms with Gasteiger partial charge in [0.05, 0.1) is 13.2 Å². The summed E-state index contributed by atoms with van der Waals surface area (Å²) in [7, 11) is 0. The van der Waals surface area contributed by atoms with Crippen molar-refractivity contribution in [2.45, 2.75) is 77.7 Å². The molecule has 1 fully saturated rings. The molecule has 1 aliphatic heterocycles. The lowest BCUT2D eigenvalue weighted by molar-refractivity contribution is -0.154. The average Bonchev–Trinajstić information content (AvgIpc) is 2.70. The highest BCUT2D eigenvalue weighted by Crippen LogP contribution is 2.26. The molecule has 168 valence electrons. The summed E-state index contributed by atoms with van der Waals surface area (Å²) in [6.45, 7) is 9.55. The largest absolute Gasteiger partial charge is 0.488 e. The van der Waals surface area contributed by atoms with Gasteiger partial charge in [0.1, 0.15) is 23.6 Å². The van der Waals surface area contributed by atoms with Crippen LogP contribution in [0, 0.1) is 5.92 Å². The van der Waals surface area contributed by atoms with E-state index in [4.69, 9.17) is 18.9 Å². The zero-order chi connectivity index (χ0) is 22.1. The van der Waals surface area contributed by atoms with Gasteiger partial charge in [-0.25, -0.2) is 9.59 Å². The number of rotatable bonds is 6. The first-order chi connectivity index (χ1) is 14.2. The summed E-state index contributed by atoms with van der Waals surface area (Å²) in [4.78, 5) is 24.8. The molecule has 4 atom stereocenters. The number of ether oxygens (including phenoxy) is 4. The molecular weight excluding hydrogens is 386 g/mol.